The van der Waals surface area contributed by atoms with E-state index in [9.17, 15) is 22.4 Å². The molecule has 0 N–H and O–H groups in total. The van der Waals surface area contributed by atoms with Gasteiger partial charge in [0.25, 0.3) is 5.91 Å². The first-order chi connectivity index (χ1) is 14.6. The number of nitrogens with zero attached hydrogens (tertiary/aromatic N) is 1. The van der Waals surface area contributed by atoms with E-state index in [-0.39, 0.29) is 29.2 Å². The van der Waals surface area contributed by atoms with Gasteiger partial charge in [0.05, 0.1) is 16.9 Å². The van der Waals surface area contributed by atoms with Crippen LogP contribution in [-0.2, 0) is 16.4 Å². The molecule has 1 saturated heterocycles. The summed E-state index contributed by atoms with van der Waals surface area (Å²) in [5.74, 6) is -1.28. The van der Waals surface area contributed by atoms with Crippen molar-refractivity contribution in [3.63, 3.8) is 0 Å². The Morgan fingerprint density at radius 3 is 2.52 bits per heavy atom. The highest BCUT2D eigenvalue weighted by Crippen LogP contribution is 2.24. The van der Waals surface area contributed by atoms with Crippen molar-refractivity contribution in [3.05, 3.63) is 81.0 Å². The minimum atomic E-state index is -3.26. The van der Waals surface area contributed by atoms with Crippen molar-refractivity contribution in [1.82, 2.24) is 4.90 Å². The summed E-state index contributed by atoms with van der Waals surface area (Å²) in [4.78, 5) is 27.5. The van der Waals surface area contributed by atoms with E-state index >= 15 is 0 Å². The summed E-state index contributed by atoms with van der Waals surface area (Å²) in [7, 11) is -3.26. The first-order valence-electron chi connectivity index (χ1n) is 9.94. The molecule has 1 aromatic heterocycles. The standard InChI is InChI=1S/C23H22FNO5S/c1-14-9-15(2)22-19(10-14)20(26)11-21(30-22)23(27)25(18-7-8-31(28,29)13-18)12-16-3-5-17(24)6-4-16/h3-6,9-11,18H,7-8,12-13H2,1-2H3/t18-/m1/s1. The predicted molar refractivity (Wildman–Crippen MR) is 115 cm³/mol. The SMILES string of the molecule is Cc1cc(C)c2oc(C(=O)N(Cc3ccc(F)cc3)[C@@H]3CCS(=O)(=O)C3)cc(=O)c2c1. The third kappa shape index (κ3) is 4.39. The number of benzene rings is 2. The highest BCUT2D eigenvalue weighted by Gasteiger charge is 2.36. The van der Waals surface area contributed by atoms with Gasteiger partial charge in [-0.3, -0.25) is 9.59 Å². The van der Waals surface area contributed by atoms with Crippen molar-refractivity contribution < 1.29 is 22.0 Å². The van der Waals surface area contributed by atoms with Gasteiger partial charge in [0.1, 0.15) is 11.4 Å². The number of rotatable bonds is 4. The van der Waals surface area contributed by atoms with E-state index in [1.54, 1.807) is 25.1 Å². The molecule has 3 aromatic rings. The van der Waals surface area contributed by atoms with Crippen LogP contribution in [0.4, 0.5) is 4.39 Å². The highest BCUT2D eigenvalue weighted by atomic mass is 32.2. The Balaban J connectivity index is 1.76. The number of carbonyl (C=O) groups is 1. The lowest BCUT2D eigenvalue weighted by Crippen LogP contribution is -2.41. The van der Waals surface area contributed by atoms with Gasteiger partial charge in [-0.05, 0) is 55.2 Å². The fourth-order valence-electron chi connectivity index (χ4n) is 4.03. The van der Waals surface area contributed by atoms with Gasteiger partial charge in [0.2, 0.25) is 0 Å². The number of carbonyl (C=O) groups excluding carboxylic acids is 1. The summed E-state index contributed by atoms with van der Waals surface area (Å²) < 4.78 is 43.2. The smallest absolute Gasteiger partial charge is 0.290 e. The third-order valence-electron chi connectivity index (χ3n) is 5.55. The summed E-state index contributed by atoms with van der Waals surface area (Å²) in [5, 5.41) is 0.391. The second kappa shape index (κ2) is 7.92. The fraction of sp³-hybridized carbons (Fsp3) is 0.304. The average molecular weight is 443 g/mol. The van der Waals surface area contributed by atoms with Crippen molar-refractivity contribution in [2.75, 3.05) is 11.5 Å². The van der Waals surface area contributed by atoms with E-state index in [1.807, 2.05) is 13.0 Å². The largest absolute Gasteiger partial charge is 0.450 e. The first kappa shape index (κ1) is 21.2. The molecule has 0 spiro atoms. The van der Waals surface area contributed by atoms with Crippen LogP contribution in [0.5, 0.6) is 0 Å². The molecule has 8 heteroatoms. The van der Waals surface area contributed by atoms with E-state index in [4.69, 9.17) is 4.42 Å². The second-order valence-corrected chi connectivity index (χ2v) is 10.3. The van der Waals surface area contributed by atoms with E-state index in [0.717, 1.165) is 17.2 Å². The van der Waals surface area contributed by atoms with Crippen LogP contribution in [0, 0.1) is 19.7 Å². The molecule has 1 aliphatic heterocycles. The highest BCUT2D eigenvalue weighted by molar-refractivity contribution is 7.91. The van der Waals surface area contributed by atoms with Crippen molar-refractivity contribution in [1.29, 1.82) is 0 Å². The molecule has 2 heterocycles. The Kier molecular flexibility index (Phi) is 5.43. The van der Waals surface area contributed by atoms with Gasteiger partial charge in [-0.25, -0.2) is 12.8 Å². The molecule has 4 rings (SSSR count). The molecule has 0 aliphatic carbocycles. The third-order valence-corrected chi connectivity index (χ3v) is 7.30. The molecule has 1 aliphatic rings. The Hall–Kier alpha value is -3.00. The number of halogens is 1. The summed E-state index contributed by atoms with van der Waals surface area (Å²) in [5.41, 5.74) is 2.29. The lowest BCUT2D eigenvalue weighted by atomic mass is 10.1. The summed E-state index contributed by atoms with van der Waals surface area (Å²) >= 11 is 0. The molecule has 0 radical (unpaired) electrons. The van der Waals surface area contributed by atoms with Crippen molar-refractivity contribution in [2.45, 2.75) is 32.9 Å². The fourth-order valence-corrected chi connectivity index (χ4v) is 5.76. The molecule has 6 nitrogen and oxygen atoms in total. The quantitative estimate of drug-likeness (QED) is 0.617. The maximum Gasteiger partial charge on any atom is 0.290 e. The number of amides is 1. The van der Waals surface area contributed by atoms with Crippen LogP contribution in [0.3, 0.4) is 0 Å². The van der Waals surface area contributed by atoms with Gasteiger partial charge in [-0.15, -0.1) is 0 Å². The lowest BCUT2D eigenvalue weighted by molar-refractivity contribution is 0.0648. The Morgan fingerprint density at radius 1 is 1.16 bits per heavy atom. The monoisotopic (exact) mass is 443 g/mol. The van der Waals surface area contributed by atoms with E-state index in [1.165, 1.54) is 17.0 Å². The van der Waals surface area contributed by atoms with Gasteiger partial charge >= 0.3 is 0 Å². The van der Waals surface area contributed by atoms with E-state index in [0.29, 0.717) is 23.0 Å². The molecular formula is C23H22FNO5S. The van der Waals surface area contributed by atoms with Crippen LogP contribution in [0.15, 0.2) is 51.7 Å². The summed E-state index contributed by atoms with van der Waals surface area (Å²) in [6, 6.07) is 9.83. The second-order valence-electron chi connectivity index (χ2n) is 8.05. The summed E-state index contributed by atoms with van der Waals surface area (Å²) in [6.07, 6.45) is 0.297. The Bertz CT molecular complexity index is 1330. The molecule has 0 saturated carbocycles. The Labute approximate surface area is 179 Å². The average Bonchev–Trinajstić information content (AvgIpc) is 3.07. The van der Waals surface area contributed by atoms with E-state index in [2.05, 4.69) is 0 Å². The van der Waals surface area contributed by atoms with Crippen LogP contribution in [0.1, 0.15) is 33.7 Å². The van der Waals surface area contributed by atoms with Crippen molar-refractivity contribution >= 4 is 26.7 Å². The normalized spacial score (nSPS) is 17.7. The van der Waals surface area contributed by atoms with Gasteiger partial charge in [0.15, 0.2) is 21.0 Å². The number of sulfone groups is 1. The zero-order valence-electron chi connectivity index (χ0n) is 17.2. The van der Waals surface area contributed by atoms with Gasteiger partial charge in [-0.2, -0.15) is 0 Å². The minimum absolute atomic E-state index is 0.00901. The molecule has 31 heavy (non-hydrogen) atoms. The number of aryl methyl sites for hydroxylation is 2. The van der Waals surface area contributed by atoms with Crippen LogP contribution in [0.25, 0.3) is 11.0 Å². The zero-order chi connectivity index (χ0) is 22.3. The van der Waals surface area contributed by atoms with Gasteiger partial charge in [0, 0.05) is 18.7 Å². The number of hydrogen-bond acceptors (Lipinski definition) is 5. The Morgan fingerprint density at radius 2 is 1.87 bits per heavy atom. The molecule has 0 bridgehead atoms. The van der Waals surface area contributed by atoms with Gasteiger partial charge < -0.3 is 9.32 Å². The molecular weight excluding hydrogens is 421 g/mol. The lowest BCUT2D eigenvalue weighted by Gasteiger charge is -2.28. The minimum Gasteiger partial charge on any atom is -0.450 e. The molecule has 162 valence electrons. The molecule has 1 atom stereocenters. The molecule has 1 fully saturated rings. The van der Waals surface area contributed by atoms with Crippen LogP contribution >= 0.6 is 0 Å². The van der Waals surface area contributed by atoms with Crippen LogP contribution in [0.2, 0.25) is 0 Å². The van der Waals surface area contributed by atoms with Gasteiger partial charge in [-0.1, -0.05) is 18.2 Å². The number of fused-ring (bicyclic) bond motifs is 1. The van der Waals surface area contributed by atoms with E-state index < -0.39 is 27.6 Å². The summed E-state index contributed by atoms with van der Waals surface area (Å²) in [6.45, 7) is 3.75. The molecule has 2 aromatic carbocycles. The maximum atomic E-state index is 13.4. The topological polar surface area (TPSA) is 84.7 Å². The maximum absolute atomic E-state index is 13.4. The predicted octanol–water partition coefficient (Wildman–Crippen LogP) is 3.38. The van der Waals surface area contributed by atoms with Crippen LogP contribution < -0.4 is 5.43 Å². The van der Waals surface area contributed by atoms with Crippen LogP contribution in [-0.4, -0.2) is 36.8 Å². The first-order valence-corrected chi connectivity index (χ1v) is 11.8. The number of hydrogen-bond donors (Lipinski definition) is 0. The zero-order valence-corrected chi connectivity index (χ0v) is 18.0. The van der Waals surface area contributed by atoms with Crippen molar-refractivity contribution in [3.8, 4) is 0 Å². The molecule has 1 amide bonds. The molecule has 0 unspecified atom stereocenters. The van der Waals surface area contributed by atoms with Crippen molar-refractivity contribution in [2.24, 2.45) is 0 Å².